The van der Waals surface area contributed by atoms with Crippen molar-refractivity contribution in [2.24, 2.45) is 0 Å². The molecule has 2 nitrogen and oxygen atoms in total. The van der Waals surface area contributed by atoms with E-state index in [0.717, 1.165) is 6.54 Å². The Morgan fingerprint density at radius 2 is 1.82 bits per heavy atom. The molecule has 1 aromatic carbocycles. The number of benzene rings is 1. The molecule has 0 aliphatic carbocycles. The molecule has 0 fully saturated rings. The Bertz CT molecular complexity index is 282. The lowest BCUT2D eigenvalue weighted by Gasteiger charge is -2.14. The Morgan fingerprint density at radius 1 is 1.12 bits per heavy atom. The fourth-order valence-electron chi connectivity index (χ4n) is 1.87. The van der Waals surface area contributed by atoms with Crippen molar-refractivity contribution in [3.05, 3.63) is 35.9 Å². The van der Waals surface area contributed by atoms with Crippen LogP contribution in [0.25, 0.3) is 0 Å². The number of hydrogen-bond donors (Lipinski definition) is 1. The first-order valence-electron chi connectivity index (χ1n) is 6.60. The lowest BCUT2D eigenvalue weighted by Crippen LogP contribution is -2.25. The summed E-state index contributed by atoms with van der Waals surface area (Å²) in [6, 6.07) is 11.2. The summed E-state index contributed by atoms with van der Waals surface area (Å²) in [7, 11) is 4.27. The first-order chi connectivity index (χ1) is 8.18. The first kappa shape index (κ1) is 14.2. The van der Waals surface area contributed by atoms with Gasteiger partial charge in [-0.1, -0.05) is 36.8 Å². The molecule has 1 aromatic rings. The fourth-order valence-corrected chi connectivity index (χ4v) is 1.87. The molecule has 0 aliphatic rings. The molecule has 17 heavy (non-hydrogen) atoms. The predicted octanol–water partition coefficient (Wildman–Crippen LogP) is 2.90. The summed E-state index contributed by atoms with van der Waals surface area (Å²) in [6.07, 6.45) is 3.87. The number of hydrogen-bond acceptors (Lipinski definition) is 2. The molecule has 0 spiro atoms. The van der Waals surface area contributed by atoms with E-state index in [-0.39, 0.29) is 0 Å². The van der Waals surface area contributed by atoms with Crippen LogP contribution in [-0.2, 0) is 6.54 Å². The lowest BCUT2D eigenvalue weighted by molar-refractivity contribution is 0.381. The molecule has 0 aliphatic heterocycles. The molecule has 0 unspecified atom stereocenters. The third kappa shape index (κ3) is 7.14. The number of rotatable bonds is 8. The topological polar surface area (TPSA) is 15.3 Å². The van der Waals surface area contributed by atoms with E-state index < -0.39 is 0 Å². The zero-order valence-electron chi connectivity index (χ0n) is 11.4. The van der Waals surface area contributed by atoms with Crippen molar-refractivity contribution >= 4 is 0 Å². The van der Waals surface area contributed by atoms with Crippen molar-refractivity contribution in [1.82, 2.24) is 10.2 Å². The molecular formula is C15H26N2. The van der Waals surface area contributed by atoms with Crippen LogP contribution >= 0.6 is 0 Å². The summed E-state index contributed by atoms with van der Waals surface area (Å²) < 4.78 is 0. The van der Waals surface area contributed by atoms with E-state index in [4.69, 9.17) is 0 Å². The van der Waals surface area contributed by atoms with Gasteiger partial charge >= 0.3 is 0 Å². The summed E-state index contributed by atoms with van der Waals surface area (Å²) >= 11 is 0. The summed E-state index contributed by atoms with van der Waals surface area (Å²) in [5.41, 5.74) is 1.37. The Morgan fingerprint density at radius 3 is 2.47 bits per heavy atom. The molecule has 1 rings (SSSR count). The van der Waals surface area contributed by atoms with Crippen LogP contribution in [0.5, 0.6) is 0 Å². The molecule has 0 radical (unpaired) electrons. The molecule has 96 valence electrons. The minimum atomic E-state index is 0.609. The Balaban J connectivity index is 2.07. The highest BCUT2D eigenvalue weighted by Crippen LogP contribution is 2.03. The number of nitrogens with zero attached hydrogens (tertiary/aromatic N) is 1. The standard InChI is InChI=1S/C15H26N2/c1-14(9-7-8-12-17(2)3)16-13-15-10-5-4-6-11-15/h4-6,10-11,14,16H,7-9,12-13H2,1-3H3/t14-/m0/s1. The van der Waals surface area contributed by atoms with Crippen molar-refractivity contribution in [1.29, 1.82) is 0 Å². The second kappa shape index (κ2) is 8.26. The molecule has 0 heterocycles. The largest absolute Gasteiger partial charge is 0.310 e. The highest BCUT2D eigenvalue weighted by atomic mass is 15.0. The van der Waals surface area contributed by atoms with Crippen LogP contribution in [0.2, 0.25) is 0 Å². The van der Waals surface area contributed by atoms with Crippen molar-refractivity contribution in [2.75, 3.05) is 20.6 Å². The molecule has 0 saturated heterocycles. The zero-order chi connectivity index (χ0) is 12.5. The van der Waals surface area contributed by atoms with Gasteiger partial charge in [0.2, 0.25) is 0 Å². The Hall–Kier alpha value is -0.860. The molecule has 0 aromatic heterocycles. The van der Waals surface area contributed by atoms with E-state index in [0.29, 0.717) is 6.04 Å². The predicted molar refractivity (Wildman–Crippen MR) is 75.1 cm³/mol. The van der Waals surface area contributed by atoms with Crippen molar-refractivity contribution in [2.45, 2.75) is 38.8 Å². The van der Waals surface area contributed by atoms with Crippen LogP contribution < -0.4 is 5.32 Å². The van der Waals surface area contributed by atoms with Gasteiger partial charge in [-0.05, 0) is 46.0 Å². The molecule has 1 N–H and O–H groups in total. The van der Waals surface area contributed by atoms with E-state index in [1.165, 1.54) is 31.4 Å². The van der Waals surface area contributed by atoms with Gasteiger partial charge in [-0.15, -0.1) is 0 Å². The Labute approximate surface area is 106 Å². The third-order valence-corrected chi connectivity index (χ3v) is 2.99. The summed E-state index contributed by atoms with van der Waals surface area (Å²) in [6.45, 7) is 4.46. The van der Waals surface area contributed by atoms with Crippen LogP contribution in [0.15, 0.2) is 30.3 Å². The second-order valence-corrected chi connectivity index (χ2v) is 5.07. The maximum atomic E-state index is 3.57. The van der Waals surface area contributed by atoms with E-state index >= 15 is 0 Å². The zero-order valence-corrected chi connectivity index (χ0v) is 11.4. The maximum Gasteiger partial charge on any atom is 0.0207 e. The van der Waals surface area contributed by atoms with Gasteiger partial charge < -0.3 is 10.2 Å². The quantitative estimate of drug-likeness (QED) is 0.696. The molecule has 2 heteroatoms. The minimum absolute atomic E-state index is 0.609. The van der Waals surface area contributed by atoms with Crippen LogP contribution in [0.3, 0.4) is 0 Å². The molecular weight excluding hydrogens is 208 g/mol. The van der Waals surface area contributed by atoms with E-state index in [2.05, 4.69) is 61.6 Å². The lowest BCUT2D eigenvalue weighted by atomic mass is 10.1. The summed E-state index contributed by atoms with van der Waals surface area (Å²) in [4.78, 5) is 2.25. The van der Waals surface area contributed by atoms with Gasteiger partial charge in [-0.25, -0.2) is 0 Å². The second-order valence-electron chi connectivity index (χ2n) is 5.07. The van der Waals surface area contributed by atoms with Crippen LogP contribution in [0.4, 0.5) is 0 Å². The van der Waals surface area contributed by atoms with Gasteiger partial charge in [0.25, 0.3) is 0 Å². The van der Waals surface area contributed by atoms with Gasteiger partial charge in [0.1, 0.15) is 0 Å². The summed E-state index contributed by atoms with van der Waals surface area (Å²) in [5.74, 6) is 0. The monoisotopic (exact) mass is 234 g/mol. The van der Waals surface area contributed by atoms with E-state index in [1.54, 1.807) is 0 Å². The SMILES string of the molecule is C[C@@H](CCCCN(C)C)NCc1ccccc1. The Kier molecular flexibility index (Phi) is 6.90. The molecule has 0 amide bonds. The molecule has 0 saturated carbocycles. The van der Waals surface area contributed by atoms with Crippen LogP contribution in [-0.4, -0.2) is 31.6 Å². The van der Waals surface area contributed by atoms with Crippen molar-refractivity contribution in [3.63, 3.8) is 0 Å². The smallest absolute Gasteiger partial charge is 0.0207 e. The fraction of sp³-hybridized carbons (Fsp3) is 0.600. The average molecular weight is 234 g/mol. The van der Waals surface area contributed by atoms with Gasteiger partial charge in [0, 0.05) is 12.6 Å². The van der Waals surface area contributed by atoms with Gasteiger partial charge in [0.05, 0.1) is 0 Å². The van der Waals surface area contributed by atoms with E-state index in [9.17, 15) is 0 Å². The van der Waals surface area contributed by atoms with Gasteiger partial charge in [0.15, 0.2) is 0 Å². The first-order valence-corrected chi connectivity index (χ1v) is 6.60. The summed E-state index contributed by atoms with van der Waals surface area (Å²) in [5, 5.41) is 3.57. The molecule has 0 bridgehead atoms. The van der Waals surface area contributed by atoms with Crippen molar-refractivity contribution < 1.29 is 0 Å². The van der Waals surface area contributed by atoms with Gasteiger partial charge in [-0.3, -0.25) is 0 Å². The van der Waals surface area contributed by atoms with Crippen LogP contribution in [0, 0.1) is 0 Å². The number of nitrogens with one attached hydrogen (secondary N) is 1. The normalized spacial score (nSPS) is 12.9. The van der Waals surface area contributed by atoms with Gasteiger partial charge in [-0.2, -0.15) is 0 Å². The highest BCUT2D eigenvalue weighted by Gasteiger charge is 2.01. The molecule has 1 atom stereocenters. The average Bonchev–Trinajstić information content (AvgIpc) is 2.33. The number of unbranched alkanes of at least 4 members (excludes halogenated alkanes) is 1. The minimum Gasteiger partial charge on any atom is -0.310 e. The highest BCUT2D eigenvalue weighted by molar-refractivity contribution is 5.14. The van der Waals surface area contributed by atoms with Crippen molar-refractivity contribution in [3.8, 4) is 0 Å². The van der Waals surface area contributed by atoms with E-state index in [1.807, 2.05) is 0 Å². The maximum absolute atomic E-state index is 3.57. The third-order valence-electron chi connectivity index (χ3n) is 2.99. The van der Waals surface area contributed by atoms with Crippen LogP contribution in [0.1, 0.15) is 31.7 Å².